The topological polar surface area (TPSA) is 35.5 Å². The molecule has 0 fully saturated rings. The zero-order chi connectivity index (χ0) is 19.1. The summed E-state index contributed by atoms with van der Waals surface area (Å²) in [4.78, 5) is 12.3. The average Bonchev–Trinajstić information content (AvgIpc) is 2.31. The molecule has 24 heavy (non-hydrogen) atoms. The number of rotatable bonds is 4. The maximum atomic E-state index is 12.3. The minimum absolute atomic E-state index is 0.117. The van der Waals surface area contributed by atoms with Crippen LogP contribution in [0, 0.1) is 0 Å². The first-order valence-corrected chi connectivity index (χ1v) is 15.6. The second-order valence-corrected chi connectivity index (χ2v) is 20.6. The summed E-state index contributed by atoms with van der Waals surface area (Å²) in [7, 11) is -3.89. The van der Waals surface area contributed by atoms with E-state index in [2.05, 4.69) is 90.3 Å². The molecule has 3 nitrogen and oxygen atoms in total. The van der Waals surface area contributed by atoms with E-state index >= 15 is 0 Å². The smallest absolute Gasteiger partial charge is 0.193 e. The average molecular weight is 483 g/mol. The first-order valence-electron chi connectivity index (χ1n) is 8.74. The van der Waals surface area contributed by atoms with Gasteiger partial charge in [0.2, 0.25) is 0 Å². The molecule has 0 heterocycles. The second kappa shape index (κ2) is 7.25. The van der Waals surface area contributed by atoms with Crippen molar-refractivity contribution in [2.24, 2.45) is 0 Å². The lowest BCUT2D eigenvalue weighted by Crippen LogP contribution is -2.52. The van der Waals surface area contributed by atoms with E-state index in [4.69, 9.17) is 8.85 Å². The molecule has 1 aliphatic carbocycles. The van der Waals surface area contributed by atoms with Crippen LogP contribution in [0.15, 0.2) is 9.66 Å². The summed E-state index contributed by atoms with van der Waals surface area (Å²) in [6.07, 6.45) is 2.14. The number of allylic oxidation sites excluding steroid dienone is 1. The maximum absolute atomic E-state index is 12.3. The van der Waals surface area contributed by atoms with E-state index in [0.29, 0.717) is 6.42 Å². The predicted octanol–water partition coefficient (Wildman–Crippen LogP) is 6.06. The number of hydrogen-bond acceptors (Lipinski definition) is 3. The van der Waals surface area contributed by atoms with Crippen LogP contribution in [0.5, 0.6) is 0 Å². The Morgan fingerprint density at radius 1 is 0.958 bits per heavy atom. The van der Waals surface area contributed by atoms with Gasteiger partial charge in [-0.2, -0.15) is 0 Å². The van der Waals surface area contributed by atoms with Crippen LogP contribution in [0.25, 0.3) is 0 Å². The maximum Gasteiger partial charge on any atom is 0.193 e. The third-order valence-electron chi connectivity index (χ3n) is 5.82. The highest BCUT2D eigenvalue weighted by Gasteiger charge is 2.45. The first kappa shape index (κ1) is 22.5. The van der Waals surface area contributed by atoms with Gasteiger partial charge in [0, 0.05) is 6.42 Å². The highest BCUT2D eigenvalue weighted by atomic mass is 127. The van der Waals surface area contributed by atoms with Crippen molar-refractivity contribution in [2.75, 3.05) is 0 Å². The summed E-state index contributed by atoms with van der Waals surface area (Å²) >= 11 is 2.14. The molecule has 0 saturated heterocycles. The lowest BCUT2D eigenvalue weighted by atomic mass is 10.0. The summed E-state index contributed by atoms with van der Waals surface area (Å²) in [5.74, 6) is 0.175. The third-order valence-corrected chi connectivity index (χ3v) is 15.8. The standard InChI is InChI=1S/C18H35IO3Si2/c1-17(2,3)23(7,8)21-15-11-13(19)14(20)12-16(15)22-24(9,10)18(4,5)6/h11,15-16H,12H2,1-10H3/t15-,16+/m1/s1. The van der Waals surface area contributed by atoms with Crippen LogP contribution < -0.4 is 0 Å². The SMILES string of the molecule is CC(C)(C)[Si](C)(C)O[C@H]1CC(=O)C(I)=C[C@H]1O[Si](C)(C)C(C)(C)C. The molecule has 140 valence electrons. The Bertz CT molecular complexity index is 513. The van der Waals surface area contributed by atoms with Crippen LogP contribution in [-0.2, 0) is 13.6 Å². The van der Waals surface area contributed by atoms with Gasteiger partial charge in [-0.15, -0.1) is 0 Å². The summed E-state index contributed by atoms with van der Waals surface area (Å²) < 4.78 is 14.0. The lowest BCUT2D eigenvalue weighted by Gasteiger charge is -2.45. The summed E-state index contributed by atoms with van der Waals surface area (Å²) in [5, 5.41) is 0.251. The Morgan fingerprint density at radius 3 is 1.79 bits per heavy atom. The molecule has 0 saturated carbocycles. The molecule has 0 radical (unpaired) electrons. The first-order chi connectivity index (χ1) is 10.5. The van der Waals surface area contributed by atoms with Gasteiger partial charge in [-0.1, -0.05) is 41.5 Å². The number of Topliss-reactive ketones (excluding diaryl/α,β-unsaturated/α-hetero) is 1. The van der Waals surface area contributed by atoms with E-state index in [-0.39, 0.29) is 28.1 Å². The molecule has 6 heteroatoms. The van der Waals surface area contributed by atoms with Crippen LogP contribution >= 0.6 is 22.6 Å². The van der Waals surface area contributed by atoms with Gasteiger partial charge in [-0.05, 0) is 64.9 Å². The molecule has 0 unspecified atom stereocenters. The molecular formula is C18H35IO3Si2. The van der Waals surface area contributed by atoms with Crippen molar-refractivity contribution >= 4 is 45.0 Å². The van der Waals surface area contributed by atoms with Crippen molar-refractivity contribution in [3.8, 4) is 0 Å². The molecular weight excluding hydrogens is 447 g/mol. The van der Waals surface area contributed by atoms with Crippen molar-refractivity contribution in [3.63, 3.8) is 0 Å². The molecule has 1 aliphatic rings. The Balaban J connectivity index is 3.11. The molecule has 0 N–H and O–H groups in total. The number of carbonyl (C=O) groups is 1. The van der Waals surface area contributed by atoms with Crippen molar-refractivity contribution < 1.29 is 13.6 Å². The Kier molecular flexibility index (Phi) is 6.81. The minimum Gasteiger partial charge on any atom is -0.411 e. The van der Waals surface area contributed by atoms with Gasteiger partial charge in [-0.25, -0.2) is 0 Å². The Labute approximate surface area is 164 Å². The van der Waals surface area contributed by atoms with E-state index in [1.54, 1.807) is 0 Å². The molecule has 0 aromatic heterocycles. The molecule has 0 aliphatic heterocycles. The summed E-state index contributed by atoms with van der Waals surface area (Å²) in [6, 6.07) is 0. The summed E-state index contributed by atoms with van der Waals surface area (Å²) in [6.45, 7) is 22.4. The predicted molar refractivity (Wildman–Crippen MR) is 116 cm³/mol. The van der Waals surface area contributed by atoms with Crippen LogP contribution in [0.1, 0.15) is 48.0 Å². The van der Waals surface area contributed by atoms with Crippen LogP contribution in [-0.4, -0.2) is 34.6 Å². The Hall–Kier alpha value is 0.494. The van der Waals surface area contributed by atoms with Gasteiger partial charge in [0.05, 0.1) is 15.8 Å². The van der Waals surface area contributed by atoms with Gasteiger partial charge < -0.3 is 8.85 Å². The monoisotopic (exact) mass is 482 g/mol. The van der Waals surface area contributed by atoms with E-state index in [1.165, 1.54) is 0 Å². The van der Waals surface area contributed by atoms with Gasteiger partial charge in [0.25, 0.3) is 0 Å². The molecule has 0 aromatic rings. The largest absolute Gasteiger partial charge is 0.411 e. The van der Waals surface area contributed by atoms with E-state index in [9.17, 15) is 4.79 Å². The van der Waals surface area contributed by atoms with Gasteiger partial charge in [-0.3, -0.25) is 4.79 Å². The zero-order valence-electron chi connectivity index (χ0n) is 17.0. The molecule has 1 rings (SSSR count). The number of carbonyl (C=O) groups excluding carboxylic acids is 1. The molecule has 2 atom stereocenters. The lowest BCUT2D eigenvalue weighted by molar-refractivity contribution is -0.118. The number of hydrogen-bond donors (Lipinski definition) is 0. The van der Waals surface area contributed by atoms with E-state index in [1.807, 2.05) is 6.08 Å². The molecule has 0 amide bonds. The number of halogens is 1. The molecule has 0 bridgehead atoms. The fraction of sp³-hybridized carbons (Fsp3) is 0.833. The van der Waals surface area contributed by atoms with E-state index in [0.717, 1.165) is 3.58 Å². The van der Waals surface area contributed by atoms with Crippen molar-refractivity contribution in [1.82, 2.24) is 0 Å². The zero-order valence-corrected chi connectivity index (χ0v) is 21.2. The number of ketones is 1. The van der Waals surface area contributed by atoms with Crippen molar-refractivity contribution in [1.29, 1.82) is 0 Å². The van der Waals surface area contributed by atoms with Gasteiger partial charge >= 0.3 is 0 Å². The van der Waals surface area contributed by atoms with Crippen LogP contribution in [0.3, 0.4) is 0 Å². The highest BCUT2D eigenvalue weighted by molar-refractivity contribution is 14.1. The van der Waals surface area contributed by atoms with Crippen LogP contribution in [0.4, 0.5) is 0 Å². The third kappa shape index (κ3) is 5.25. The fourth-order valence-electron chi connectivity index (χ4n) is 2.03. The molecule has 0 aromatic carbocycles. The van der Waals surface area contributed by atoms with Crippen molar-refractivity contribution in [2.45, 2.75) is 96.4 Å². The van der Waals surface area contributed by atoms with Crippen molar-refractivity contribution in [3.05, 3.63) is 9.66 Å². The normalized spacial score (nSPS) is 24.1. The second-order valence-electron chi connectivity index (χ2n) is 9.90. The molecule has 0 spiro atoms. The van der Waals surface area contributed by atoms with Gasteiger partial charge in [0.15, 0.2) is 22.4 Å². The fourth-order valence-corrected chi connectivity index (χ4v) is 5.19. The highest BCUT2D eigenvalue weighted by Crippen LogP contribution is 2.42. The quantitative estimate of drug-likeness (QED) is 0.361. The van der Waals surface area contributed by atoms with Crippen LogP contribution in [0.2, 0.25) is 36.3 Å². The van der Waals surface area contributed by atoms with E-state index < -0.39 is 16.6 Å². The minimum atomic E-state index is -1.96. The van der Waals surface area contributed by atoms with Gasteiger partial charge in [0.1, 0.15) is 0 Å². The summed E-state index contributed by atoms with van der Waals surface area (Å²) in [5.41, 5.74) is 0. The Morgan fingerprint density at radius 2 is 1.38 bits per heavy atom.